The van der Waals surface area contributed by atoms with Gasteiger partial charge in [0.15, 0.2) is 0 Å². The molecule has 0 saturated carbocycles. The van der Waals surface area contributed by atoms with E-state index in [9.17, 15) is 4.91 Å². The molecule has 0 N–H and O–H groups in total. The Morgan fingerprint density at radius 2 is 1.95 bits per heavy atom. The molecule has 0 spiro atoms. The minimum absolute atomic E-state index is 0.329. The van der Waals surface area contributed by atoms with Crippen LogP contribution in [0.15, 0.2) is 47.6 Å². The standard InChI is InChI=1S/C17H17N3O2/c1-3-11-22-14-9-7-13(8-10-14)16-17(19-21)20-12(2)5-4-6-15(20)18-16/h4-10H,3,11H2,1-2H3. The van der Waals surface area contributed by atoms with Crippen LogP contribution >= 0.6 is 0 Å². The number of rotatable bonds is 5. The zero-order valence-electron chi connectivity index (χ0n) is 12.6. The summed E-state index contributed by atoms with van der Waals surface area (Å²) in [6, 6.07) is 13.3. The molecule has 112 valence electrons. The van der Waals surface area contributed by atoms with E-state index < -0.39 is 0 Å². The Hall–Kier alpha value is -2.69. The van der Waals surface area contributed by atoms with E-state index in [1.54, 1.807) is 4.40 Å². The molecule has 0 aliphatic rings. The minimum atomic E-state index is 0.329. The predicted octanol–water partition coefficient (Wildman–Crippen LogP) is 4.50. The molecule has 2 aromatic heterocycles. The van der Waals surface area contributed by atoms with Gasteiger partial charge in [-0.25, -0.2) is 4.98 Å². The van der Waals surface area contributed by atoms with Crippen LogP contribution in [0.2, 0.25) is 0 Å². The van der Waals surface area contributed by atoms with Gasteiger partial charge in [0.05, 0.1) is 6.61 Å². The second kappa shape index (κ2) is 5.97. The van der Waals surface area contributed by atoms with Crippen LogP contribution in [0.1, 0.15) is 19.0 Å². The summed E-state index contributed by atoms with van der Waals surface area (Å²) in [5.41, 5.74) is 3.08. The van der Waals surface area contributed by atoms with Gasteiger partial charge >= 0.3 is 0 Å². The Kier molecular flexibility index (Phi) is 3.87. The van der Waals surface area contributed by atoms with Crippen molar-refractivity contribution >= 4 is 11.5 Å². The number of nitrogens with zero attached hydrogens (tertiary/aromatic N) is 3. The van der Waals surface area contributed by atoms with Gasteiger partial charge in [0.1, 0.15) is 17.1 Å². The van der Waals surface area contributed by atoms with Crippen LogP contribution in [0.3, 0.4) is 0 Å². The maximum atomic E-state index is 11.3. The van der Waals surface area contributed by atoms with Gasteiger partial charge in [0.25, 0.3) is 0 Å². The zero-order valence-corrected chi connectivity index (χ0v) is 12.6. The fourth-order valence-electron chi connectivity index (χ4n) is 2.44. The Labute approximate surface area is 128 Å². The van der Waals surface area contributed by atoms with Gasteiger partial charge in [0, 0.05) is 11.3 Å². The highest BCUT2D eigenvalue weighted by molar-refractivity contribution is 5.75. The average molecular weight is 295 g/mol. The third-order valence-electron chi connectivity index (χ3n) is 3.50. The fourth-order valence-corrected chi connectivity index (χ4v) is 2.44. The van der Waals surface area contributed by atoms with Crippen molar-refractivity contribution in [2.45, 2.75) is 20.3 Å². The number of fused-ring (bicyclic) bond motifs is 1. The van der Waals surface area contributed by atoms with Crippen molar-refractivity contribution < 1.29 is 4.74 Å². The van der Waals surface area contributed by atoms with E-state index in [0.717, 1.165) is 29.1 Å². The van der Waals surface area contributed by atoms with Crippen molar-refractivity contribution in [1.29, 1.82) is 0 Å². The van der Waals surface area contributed by atoms with Crippen molar-refractivity contribution in [3.05, 3.63) is 53.1 Å². The van der Waals surface area contributed by atoms with E-state index >= 15 is 0 Å². The first-order valence-electron chi connectivity index (χ1n) is 7.29. The highest BCUT2D eigenvalue weighted by Gasteiger charge is 2.15. The van der Waals surface area contributed by atoms with E-state index in [4.69, 9.17) is 4.74 Å². The van der Waals surface area contributed by atoms with Crippen molar-refractivity contribution in [3.63, 3.8) is 0 Å². The van der Waals surface area contributed by atoms with Crippen LogP contribution in [0.25, 0.3) is 16.9 Å². The van der Waals surface area contributed by atoms with Crippen LogP contribution in [-0.2, 0) is 0 Å². The minimum Gasteiger partial charge on any atom is -0.494 e. The lowest BCUT2D eigenvalue weighted by Gasteiger charge is -2.05. The number of benzene rings is 1. The average Bonchev–Trinajstić information content (AvgIpc) is 2.93. The number of aryl methyl sites for hydroxylation is 1. The van der Waals surface area contributed by atoms with Crippen LogP contribution in [0, 0.1) is 11.8 Å². The first-order chi connectivity index (χ1) is 10.7. The number of aromatic nitrogens is 2. The SMILES string of the molecule is CCCOc1ccc(-c2nc3cccc(C)n3c2N=O)cc1. The molecule has 0 bridgehead atoms. The van der Waals surface area contributed by atoms with Crippen LogP contribution in [0.5, 0.6) is 5.75 Å². The lowest BCUT2D eigenvalue weighted by Crippen LogP contribution is -1.94. The van der Waals surface area contributed by atoms with Gasteiger partial charge in [-0.3, -0.25) is 4.40 Å². The Balaban J connectivity index is 2.06. The molecule has 0 radical (unpaired) electrons. The summed E-state index contributed by atoms with van der Waals surface area (Å²) in [4.78, 5) is 15.8. The van der Waals surface area contributed by atoms with E-state index in [1.165, 1.54) is 0 Å². The van der Waals surface area contributed by atoms with Crippen LogP contribution < -0.4 is 4.74 Å². The summed E-state index contributed by atoms with van der Waals surface area (Å²) in [6.45, 7) is 4.68. The van der Waals surface area contributed by atoms with E-state index in [-0.39, 0.29) is 0 Å². The topological polar surface area (TPSA) is 56.0 Å². The summed E-state index contributed by atoms with van der Waals surface area (Å²) >= 11 is 0. The number of ether oxygens (including phenoxy) is 1. The quantitative estimate of drug-likeness (QED) is 0.651. The Morgan fingerprint density at radius 3 is 2.64 bits per heavy atom. The molecule has 0 aliphatic heterocycles. The molecule has 5 nitrogen and oxygen atoms in total. The number of imidazole rings is 1. The molecule has 0 aliphatic carbocycles. The van der Waals surface area contributed by atoms with Crippen molar-refractivity contribution in [2.24, 2.45) is 5.18 Å². The van der Waals surface area contributed by atoms with Crippen LogP contribution in [0.4, 0.5) is 5.82 Å². The third-order valence-corrected chi connectivity index (χ3v) is 3.50. The molecule has 3 aromatic rings. The zero-order chi connectivity index (χ0) is 15.5. The first-order valence-corrected chi connectivity index (χ1v) is 7.29. The van der Waals surface area contributed by atoms with Crippen molar-refractivity contribution in [3.8, 4) is 17.0 Å². The summed E-state index contributed by atoms with van der Waals surface area (Å²) in [6.07, 6.45) is 0.965. The van der Waals surface area contributed by atoms with Gasteiger partial charge in [-0.15, -0.1) is 4.91 Å². The second-order valence-corrected chi connectivity index (χ2v) is 5.11. The normalized spacial score (nSPS) is 10.8. The number of hydrogen-bond donors (Lipinski definition) is 0. The van der Waals surface area contributed by atoms with Crippen LogP contribution in [-0.4, -0.2) is 16.0 Å². The third kappa shape index (κ3) is 2.45. The predicted molar refractivity (Wildman–Crippen MR) is 86.6 cm³/mol. The smallest absolute Gasteiger partial charge is 0.209 e. The summed E-state index contributed by atoms with van der Waals surface area (Å²) in [7, 11) is 0. The molecule has 1 aromatic carbocycles. The molecule has 22 heavy (non-hydrogen) atoms. The Morgan fingerprint density at radius 1 is 1.18 bits per heavy atom. The Bertz CT molecular complexity index is 807. The van der Waals surface area contributed by atoms with Gasteiger partial charge in [0.2, 0.25) is 5.82 Å². The molecule has 0 atom stereocenters. The lowest BCUT2D eigenvalue weighted by molar-refractivity contribution is 0.317. The maximum absolute atomic E-state index is 11.3. The molecule has 0 amide bonds. The fraction of sp³-hybridized carbons (Fsp3) is 0.235. The largest absolute Gasteiger partial charge is 0.494 e. The monoisotopic (exact) mass is 295 g/mol. The highest BCUT2D eigenvalue weighted by Crippen LogP contribution is 2.32. The van der Waals surface area contributed by atoms with E-state index in [1.807, 2.05) is 49.4 Å². The number of hydrogen-bond acceptors (Lipinski definition) is 4. The summed E-state index contributed by atoms with van der Waals surface area (Å²) < 4.78 is 7.34. The molecule has 5 heteroatoms. The van der Waals surface area contributed by atoms with E-state index in [0.29, 0.717) is 18.1 Å². The van der Waals surface area contributed by atoms with Crippen molar-refractivity contribution in [2.75, 3.05) is 6.61 Å². The van der Waals surface area contributed by atoms with Gasteiger partial charge in [-0.05, 0) is 54.9 Å². The second-order valence-electron chi connectivity index (χ2n) is 5.11. The summed E-state index contributed by atoms with van der Waals surface area (Å²) in [5.74, 6) is 1.14. The lowest BCUT2D eigenvalue weighted by atomic mass is 10.1. The summed E-state index contributed by atoms with van der Waals surface area (Å²) in [5, 5.41) is 3.19. The molecular weight excluding hydrogens is 278 g/mol. The first kappa shape index (κ1) is 14.3. The van der Waals surface area contributed by atoms with Gasteiger partial charge in [-0.2, -0.15) is 0 Å². The molecule has 2 heterocycles. The molecule has 0 saturated heterocycles. The molecule has 0 fully saturated rings. The number of pyridine rings is 1. The molecular formula is C17H17N3O2. The molecule has 3 rings (SSSR count). The maximum Gasteiger partial charge on any atom is 0.209 e. The number of nitroso groups, excluding NO2 is 1. The highest BCUT2D eigenvalue weighted by atomic mass is 16.5. The van der Waals surface area contributed by atoms with Gasteiger partial charge in [-0.1, -0.05) is 13.0 Å². The van der Waals surface area contributed by atoms with Crippen molar-refractivity contribution in [1.82, 2.24) is 9.38 Å². The van der Waals surface area contributed by atoms with E-state index in [2.05, 4.69) is 17.1 Å². The molecule has 0 unspecified atom stereocenters. The van der Waals surface area contributed by atoms with Gasteiger partial charge < -0.3 is 4.74 Å².